The summed E-state index contributed by atoms with van der Waals surface area (Å²) in [6, 6.07) is 0.328. The van der Waals surface area contributed by atoms with Crippen molar-refractivity contribution in [1.82, 2.24) is 15.1 Å². The van der Waals surface area contributed by atoms with Gasteiger partial charge in [0, 0.05) is 25.7 Å². The summed E-state index contributed by atoms with van der Waals surface area (Å²) < 4.78 is 0. The molecule has 0 aromatic carbocycles. The average Bonchev–Trinajstić information content (AvgIpc) is 2.27. The first kappa shape index (κ1) is 14.4. The summed E-state index contributed by atoms with van der Waals surface area (Å²) >= 11 is 0. The first-order chi connectivity index (χ1) is 8.08. The average molecular weight is 242 g/mol. The fourth-order valence-electron chi connectivity index (χ4n) is 1.99. The number of rotatable bonds is 6. The van der Waals surface area contributed by atoms with E-state index >= 15 is 0 Å². The Morgan fingerprint density at radius 3 is 2.65 bits per heavy atom. The van der Waals surface area contributed by atoms with Crippen LogP contribution < -0.4 is 11.1 Å². The molecule has 0 spiro atoms. The molecule has 1 rings (SSSR count). The van der Waals surface area contributed by atoms with E-state index in [1.54, 1.807) is 0 Å². The SMILES string of the molecule is CN(C)CCCNC(=O)CN1CCC(N)CC1. The molecule has 1 heterocycles. The van der Waals surface area contributed by atoms with Crippen LogP contribution in [0.4, 0.5) is 0 Å². The van der Waals surface area contributed by atoms with Crippen molar-refractivity contribution in [2.24, 2.45) is 5.73 Å². The Bertz CT molecular complexity index is 225. The highest BCUT2D eigenvalue weighted by Gasteiger charge is 2.17. The largest absolute Gasteiger partial charge is 0.355 e. The van der Waals surface area contributed by atoms with E-state index in [9.17, 15) is 4.79 Å². The quantitative estimate of drug-likeness (QED) is 0.615. The third kappa shape index (κ3) is 6.61. The van der Waals surface area contributed by atoms with Gasteiger partial charge >= 0.3 is 0 Å². The van der Waals surface area contributed by atoms with Gasteiger partial charge < -0.3 is 16.0 Å². The Morgan fingerprint density at radius 2 is 2.06 bits per heavy atom. The van der Waals surface area contributed by atoms with Gasteiger partial charge in [-0.25, -0.2) is 0 Å². The smallest absolute Gasteiger partial charge is 0.234 e. The molecule has 1 saturated heterocycles. The van der Waals surface area contributed by atoms with Gasteiger partial charge in [0.15, 0.2) is 0 Å². The molecule has 0 saturated carbocycles. The van der Waals surface area contributed by atoms with Crippen LogP contribution in [-0.2, 0) is 4.79 Å². The van der Waals surface area contributed by atoms with Gasteiger partial charge in [0.1, 0.15) is 0 Å². The zero-order valence-electron chi connectivity index (χ0n) is 11.1. The van der Waals surface area contributed by atoms with Crippen molar-refractivity contribution in [3.05, 3.63) is 0 Å². The fraction of sp³-hybridized carbons (Fsp3) is 0.917. The molecule has 17 heavy (non-hydrogen) atoms. The number of nitrogens with two attached hydrogens (primary N) is 1. The van der Waals surface area contributed by atoms with Gasteiger partial charge in [-0.15, -0.1) is 0 Å². The molecule has 1 amide bonds. The minimum atomic E-state index is 0.138. The van der Waals surface area contributed by atoms with Gasteiger partial charge in [-0.05, 0) is 39.9 Å². The van der Waals surface area contributed by atoms with Crippen LogP contribution in [0.2, 0.25) is 0 Å². The lowest BCUT2D eigenvalue weighted by atomic mass is 10.1. The van der Waals surface area contributed by atoms with Crippen LogP contribution in [0.25, 0.3) is 0 Å². The van der Waals surface area contributed by atoms with E-state index in [-0.39, 0.29) is 5.91 Å². The molecule has 0 atom stereocenters. The first-order valence-electron chi connectivity index (χ1n) is 6.47. The number of carbonyl (C=O) groups excluding carboxylic acids is 1. The molecule has 100 valence electrons. The van der Waals surface area contributed by atoms with Crippen LogP contribution in [0.15, 0.2) is 0 Å². The van der Waals surface area contributed by atoms with E-state index in [1.165, 1.54) is 0 Å². The molecule has 3 N–H and O–H groups in total. The molecule has 1 aliphatic rings. The Morgan fingerprint density at radius 1 is 1.41 bits per heavy atom. The normalized spacial score (nSPS) is 18.6. The van der Waals surface area contributed by atoms with Gasteiger partial charge in [0.05, 0.1) is 6.54 Å². The summed E-state index contributed by atoms with van der Waals surface area (Å²) in [7, 11) is 4.08. The summed E-state index contributed by atoms with van der Waals surface area (Å²) in [4.78, 5) is 15.9. The number of hydrogen-bond acceptors (Lipinski definition) is 4. The van der Waals surface area contributed by atoms with Crippen LogP contribution >= 0.6 is 0 Å². The fourth-order valence-corrected chi connectivity index (χ4v) is 1.99. The maximum Gasteiger partial charge on any atom is 0.234 e. The lowest BCUT2D eigenvalue weighted by molar-refractivity contribution is -0.122. The third-order valence-electron chi connectivity index (χ3n) is 3.10. The third-order valence-corrected chi connectivity index (χ3v) is 3.10. The molecule has 0 aromatic rings. The molecule has 0 unspecified atom stereocenters. The zero-order valence-corrected chi connectivity index (χ0v) is 11.1. The summed E-state index contributed by atoms with van der Waals surface area (Å²) in [5.41, 5.74) is 5.82. The maximum atomic E-state index is 11.6. The second-order valence-electron chi connectivity index (χ2n) is 5.12. The number of amides is 1. The van der Waals surface area contributed by atoms with E-state index in [4.69, 9.17) is 5.73 Å². The van der Waals surface area contributed by atoms with E-state index in [2.05, 4.69) is 15.1 Å². The summed E-state index contributed by atoms with van der Waals surface area (Å²) in [5, 5.41) is 2.96. The highest BCUT2D eigenvalue weighted by molar-refractivity contribution is 5.77. The van der Waals surface area contributed by atoms with Gasteiger partial charge in [0.25, 0.3) is 0 Å². The highest BCUT2D eigenvalue weighted by atomic mass is 16.2. The molecule has 5 nitrogen and oxygen atoms in total. The molecule has 1 aliphatic heterocycles. The van der Waals surface area contributed by atoms with E-state index in [1.807, 2.05) is 14.1 Å². The topological polar surface area (TPSA) is 61.6 Å². The van der Waals surface area contributed by atoms with Crippen molar-refractivity contribution < 1.29 is 4.79 Å². The molecule has 0 aromatic heterocycles. The lowest BCUT2D eigenvalue weighted by Gasteiger charge is -2.29. The van der Waals surface area contributed by atoms with Gasteiger partial charge in [-0.3, -0.25) is 9.69 Å². The van der Waals surface area contributed by atoms with Crippen molar-refractivity contribution in [1.29, 1.82) is 0 Å². The summed E-state index contributed by atoms with van der Waals surface area (Å²) in [6.07, 6.45) is 3.02. The monoisotopic (exact) mass is 242 g/mol. The molecular weight excluding hydrogens is 216 g/mol. The Balaban J connectivity index is 2.04. The van der Waals surface area contributed by atoms with Crippen molar-refractivity contribution in [3.63, 3.8) is 0 Å². The minimum absolute atomic E-state index is 0.138. The lowest BCUT2D eigenvalue weighted by Crippen LogP contribution is -2.44. The number of nitrogens with zero attached hydrogens (tertiary/aromatic N) is 2. The Hall–Kier alpha value is -0.650. The Kier molecular flexibility index (Phi) is 6.47. The molecule has 0 radical (unpaired) electrons. The second kappa shape index (κ2) is 7.63. The van der Waals surface area contributed by atoms with Crippen LogP contribution in [0.5, 0.6) is 0 Å². The molecule has 0 aliphatic carbocycles. The standard InChI is InChI=1S/C12H26N4O/c1-15(2)7-3-6-14-12(17)10-16-8-4-11(13)5-9-16/h11H,3-10,13H2,1-2H3,(H,14,17). The number of nitrogens with one attached hydrogen (secondary N) is 1. The number of hydrogen-bond donors (Lipinski definition) is 2. The highest BCUT2D eigenvalue weighted by Crippen LogP contribution is 2.07. The van der Waals surface area contributed by atoms with E-state index < -0.39 is 0 Å². The van der Waals surface area contributed by atoms with Gasteiger partial charge in [-0.2, -0.15) is 0 Å². The number of likely N-dealkylation sites (tertiary alicyclic amines) is 1. The van der Waals surface area contributed by atoms with Crippen molar-refractivity contribution >= 4 is 5.91 Å². The first-order valence-corrected chi connectivity index (χ1v) is 6.47. The van der Waals surface area contributed by atoms with Crippen molar-refractivity contribution in [3.8, 4) is 0 Å². The predicted octanol–water partition coefficient (Wildman–Crippen LogP) is -0.523. The van der Waals surface area contributed by atoms with Crippen molar-refractivity contribution in [2.75, 3.05) is 46.8 Å². The summed E-state index contributed by atoms with van der Waals surface area (Å²) in [5.74, 6) is 0.138. The minimum Gasteiger partial charge on any atom is -0.355 e. The van der Waals surface area contributed by atoms with E-state index in [0.29, 0.717) is 12.6 Å². The van der Waals surface area contributed by atoms with Gasteiger partial charge in [-0.1, -0.05) is 0 Å². The van der Waals surface area contributed by atoms with Crippen LogP contribution in [0.1, 0.15) is 19.3 Å². The maximum absolute atomic E-state index is 11.6. The van der Waals surface area contributed by atoms with Crippen LogP contribution in [-0.4, -0.2) is 68.6 Å². The van der Waals surface area contributed by atoms with Crippen LogP contribution in [0, 0.1) is 0 Å². The Labute approximate surface area is 104 Å². The molecule has 5 heteroatoms. The molecule has 0 bridgehead atoms. The molecule has 1 fully saturated rings. The number of piperidine rings is 1. The summed E-state index contributed by atoms with van der Waals surface area (Å²) in [6.45, 7) is 4.20. The van der Waals surface area contributed by atoms with Crippen molar-refractivity contribution in [2.45, 2.75) is 25.3 Å². The second-order valence-corrected chi connectivity index (χ2v) is 5.12. The predicted molar refractivity (Wildman–Crippen MR) is 69.8 cm³/mol. The van der Waals surface area contributed by atoms with Crippen LogP contribution in [0.3, 0.4) is 0 Å². The zero-order chi connectivity index (χ0) is 12.7. The van der Waals surface area contributed by atoms with E-state index in [0.717, 1.165) is 45.4 Å². The molecular formula is C12H26N4O. The number of carbonyl (C=O) groups is 1. The van der Waals surface area contributed by atoms with Gasteiger partial charge in [0.2, 0.25) is 5.91 Å².